The van der Waals surface area contributed by atoms with Crippen molar-refractivity contribution in [2.24, 2.45) is 0 Å². The van der Waals surface area contributed by atoms with Gasteiger partial charge in [-0.25, -0.2) is 9.00 Å². The molecule has 2 amide bonds. The molecular weight excluding hydrogens is 487 g/mol. The van der Waals surface area contributed by atoms with Gasteiger partial charge in [0.1, 0.15) is 6.54 Å². The van der Waals surface area contributed by atoms with Crippen LogP contribution in [0.4, 0.5) is 21.9 Å². The number of carboxylic acids is 1. The number of rotatable bonds is 6. The molecule has 1 aliphatic heterocycles. The maximum atomic E-state index is 13.4. The fourth-order valence-electron chi connectivity index (χ4n) is 3.60. The van der Waals surface area contributed by atoms with Crippen LogP contribution in [0.5, 0.6) is 0 Å². The second-order valence-corrected chi connectivity index (χ2v) is 9.42. The lowest BCUT2D eigenvalue weighted by atomic mass is 10.1. The van der Waals surface area contributed by atoms with E-state index in [1.807, 2.05) is 0 Å². The highest BCUT2D eigenvalue weighted by Crippen LogP contribution is 2.37. The summed E-state index contributed by atoms with van der Waals surface area (Å²) in [7, 11) is -1.90. The molecule has 3 aromatic rings. The Bertz CT molecular complexity index is 1220. The predicted octanol–water partition coefficient (Wildman–Crippen LogP) is 4.60. The molecule has 170 valence electrons. The van der Waals surface area contributed by atoms with Gasteiger partial charge in [-0.15, -0.1) is 0 Å². The van der Waals surface area contributed by atoms with E-state index in [9.17, 15) is 18.9 Å². The third-order valence-corrected chi connectivity index (χ3v) is 6.75. The van der Waals surface area contributed by atoms with Gasteiger partial charge in [0.25, 0.3) is 0 Å². The first kappa shape index (κ1) is 23.0. The van der Waals surface area contributed by atoms with Gasteiger partial charge in [0.15, 0.2) is 11.0 Å². The number of urea groups is 1. The van der Waals surface area contributed by atoms with Crippen LogP contribution in [0.25, 0.3) is 0 Å². The van der Waals surface area contributed by atoms with Gasteiger partial charge in [0.2, 0.25) is 0 Å². The standard InChI is InChI=1S/C22H18Cl2N4O4S/c23-14-9-15(24)11-17(10-14)33(32)28(13-21(29)30)20-5-1-4-19-18(20)6-8-27(19)22(31)26-16-3-2-7-25-12-16/h1-5,7,9-12H,6,8,13H2,(H,26,31)(H,29,30). The number of fused-ring (bicyclic) bond motifs is 1. The van der Waals surface area contributed by atoms with Crippen molar-refractivity contribution in [3.05, 3.63) is 76.5 Å². The van der Waals surface area contributed by atoms with Gasteiger partial charge in [0, 0.05) is 28.4 Å². The molecule has 0 saturated heterocycles. The third-order valence-electron chi connectivity index (χ3n) is 4.95. The van der Waals surface area contributed by atoms with Crippen LogP contribution in [0.1, 0.15) is 5.56 Å². The highest BCUT2D eigenvalue weighted by molar-refractivity contribution is 7.86. The zero-order valence-electron chi connectivity index (χ0n) is 17.1. The highest BCUT2D eigenvalue weighted by atomic mass is 35.5. The van der Waals surface area contributed by atoms with Crippen LogP contribution >= 0.6 is 23.2 Å². The van der Waals surface area contributed by atoms with Crippen molar-refractivity contribution < 1.29 is 18.9 Å². The van der Waals surface area contributed by atoms with E-state index < -0.39 is 23.5 Å². The molecule has 1 unspecified atom stereocenters. The van der Waals surface area contributed by atoms with Crippen molar-refractivity contribution in [2.75, 3.05) is 27.6 Å². The van der Waals surface area contributed by atoms with Gasteiger partial charge in [-0.1, -0.05) is 29.3 Å². The molecule has 2 aromatic carbocycles. The van der Waals surface area contributed by atoms with Gasteiger partial charge in [-0.3, -0.25) is 19.0 Å². The first-order valence-corrected chi connectivity index (χ1v) is 11.7. The number of anilines is 3. The lowest BCUT2D eigenvalue weighted by Crippen LogP contribution is -2.33. The van der Waals surface area contributed by atoms with Crippen LogP contribution in [0, 0.1) is 0 Å². The van der Waals surface area contributed by atoms with Crippen molar-refractivity contribution in [2.45, 2.75) is 11.3 Å². The molecule has 1 aliphatic rings. The summed E-state index contributed by atoms with van der Waals surface area (Å²) >= 11 is 12.1. The molecule has 0 aliphatic carbocycles. The number of carbonyl (C=O) groups is 2. The largest absolute Gasteiger partial charge is 0.480 e. The first-order valence-electron chi connectivity index (χ1n) is 9.81. The Labute approximate surface area is 202 Å². The van der Waals surface area contributed by atoms with Gasteiger partial charge in [-0.2, -0.15) is 0 Å². The van der Waals surface area contributed by atoms with E-state index in [-0.39, 0.29) is 21.0 Å². The minimum atomic E-state index is -1.90. The molecule has 0 radical (unpaired) electrons. The summed E-state index contributed by atoms with van der Waals surface area (Å²) in [6, 6.07) is 12.7. The molecule has 2 N–H and O–H groups in total. The van der Waals surface area contributed by atoms with Crippen molar-refractivity contribution in [1.82, 2.24) is 4.98 Å². The Morgan fingerprint density at radius 3 is 2.58 bits per heavy atom. The molecule has 1 aromatic heterocycles. The maximum absolute atomic E-state index is 13.4. The molecule has 33 heavy (non-hydrogen) atoms. The molecule has 0 bridgehead atoms. The Balaban J connectivity index is 1.68. The van der Waals surface area contributed by atoms with Gasteiger partial charge in [0.05, 0.1) is 28.2 Å². The summed E-state index contributed by atoms with van der Waals surface area (Å²) in [5.41, 5.74) is 2.35. The Morgan fingerprint density at radius 1 is 1.15 bits per heavy atom. The van der Waals surface area contributed by atoms with Crippen molar-refractivity contribution >= 4 is 63.3 Å². The zero-order valence-corrected chi connectivity index (χ0v) is 19.4. The summed E-state index contributed by atoms with van der Waals surface area (Å²) in [6.07, 6.45) is 3.62. The topological polar surface area (TPSA) is 103 Å². The third kappa shape index (κ3) is 5.11. The van der Waals surface area contributed by atoms with Crippen LogP contribution < -0.4 is 14.5 Å². The van der Waals surface area contributed by atoms with E-state index in [0.29, 0.717) is 30.0 Å². The van der Waals surface area contributed by atoms with E-state index in [1.165, 1.54) is 22.5 Å². The van der Waals surface area contributed by atoms with E-state index in [0.717, 1.165) is 5.56 Å². The summed E-state index contributed by atoms with van der Waals surface area (Å²) in [4.78, 5) is 30.3. The lowest BCUT2D eigenvalue weighted by molar-refractivity contribution is -0.135. The van der Waals surface area contributed by atoms with Crippen LogP contribution in [0.2, 0.25) is 10.0 Å². The van der Waals surface area contributed by atoms with Gasteiger partial charge >= 0.3 is 12.0 Å². The second kappa shape index (κ2) is 9.78. The fourth-order valence-corrected chi connectivity index (χ4v) is 5.54. The summed E-state index contributed by atoms with van der Waals surface area (Å²) in [6.45, 7) is -0.135. The Kier molecular flexibility index (Phi) is 6.83. The van der Waals surface area contributed by atoms with Gasteiger partial charge < -0.3 is 10.4 Å². The lowest BCUT2D eigenvalue weighted by Gasteiger charge is -2.25. The Hall–Kier alpha value is -3.14. The number of carbonyl (C=O) groups excluding carboxylic acids is 1. The number of benzene rings is 2. The molecule has 4 rings (SSSR count). The average molecular weight is 505 g/mol. The Morgan fingerprint density at radius 2 is 1.91 bits per heavy atom. The zero-order chi connectivity index (χ0) is 23.5. The number of hydrogen-bond acceptors (Lipinski definition) is 4. The molecule has 1 atom stereocenters. The minimum absolute atomic E-state index is 0.274. The molecule has 8 nitrogen and oxygen atoms in total. The van der Waals surface area contributed by atoms with Crippen LogP contribution in [-0.4, -0.2) is 39.4 Å². The van der Waals surface area contributed by atoms with Crippen molar-refractivity contribution in [3.8, 4) is 0 Å². The second-order valence-electron chi connectivity index (χ2n) is 7.13. The number of nitrogens with one attached hydrogen (secondary N) is 1. The molecule has 0 fully saturated rings. The van der Waals surface area contributed by atoms with E-state index in [1.54, 1.807) is 47.6 Å². The monoisotopic (exact) mass is 504 g/mol. The van der Waals surface area contributed by atoms with Crippen LogP contribution in [0.3, 0.4) is 0 Å². The number of carboxylic acid groups (broad SMARTS) is 1. The van der Waals surface area contributed by atoms with Crippen LogP contribution in [-0.2, 0) is 22.2 Å². The highest BCUT2D eigenvalue weighted by Gasteiger charge is 2.30. The quantitative estimate of drug-likeness (QED) is 0.510. The summed E-state index contributed by atoms with van der Waals surface area (Å²) < 4.78 is 14.7. The summed E-state index contributed by atoms with van der Waals surface area (Å²) in [5.74, 6) is -1.15. The molecule has 0 saturated carbocycles. The number of aromatic nitrogens is 1. The number of halogens is 2. The minimum Gasteiger partial charge on any atom is -0.480 e. The SMILES string of the molecule is O=C(O)CN(c1cccc2c1CCN2C(=O)Nc1cccnc1)S(=O)c1cc(Cl)cc(Cl)c1. The average Bonchev–Trinajstić information content (AvgIpc) is 3.21. The number of hydrogen-bond donors (Lipinski definition) is 2. The number of nitrogens with zero attached hydrogens (tertiary/aromatic N) is 3. The summed E-state index contributed by atoms with van der Waals surface area (Å²) in [5, 5.41) is 12.9. The number of pyridine rings is 1. The van der Waals surface area contributed by atoms with E-state index >= 15 is 0 Å². The molecule has 0 spiro atoms. The van der Waals surface area contributed by atoms with Crippen molar-refractivity contribution in [1.29, 1.82) is 0 Å². The normalized spacial score (nSPS) is 13.3. The van der Waals surface area contributed by atoms with E-state index in [4.69, 9.17) is 23.2 Å². The first-order chi connectivity index (χ1) is 15.8. The predicted molar refractivity (Wildman–Crippen MR) is 129 cm³/mol. The molecular formula is C22H18Cl2N4O4S. The fraction of sp³-hybridized carbons (Fsp3) is 0.136. The smallest absolute Gasteiger partial charge is 0.326 e. The van der Waals surface area contributed by atoms with Crippen LogP contribution in [0.15, 0.2) is 65.8 Å². The van der Waals surface area contributed by atoms with E-state index in [2.05, 4.69) is 10.3 Å². The maximum Gasteiger partial charge on any atom is 0.326 e. The number of amides is 2. The molecule has 2 heterocycles. The number of aliphatic carboxylic acids is 1. The molecule has 11 heteroatoms. The van der Waals surface area contributed by atoms with Gasteiger partial charge in [-0.05, 0) is 48.9 Å². The van der Waals surface area contributed by atoms with Crippen molar-refractivity contribution in [3.63, 3.8) is 0 Å².